The lowest BCUT2D eigenvalue weighted by atomic mass is 9.96. The summed E-state index contributed by atoms with van der Waals surface area (Å²) < 4.78 is 0. The third-order valence-electron chi connectivity index (χ3n) is 4.68. The highest BCUT2D eigenvalue weighted by atomic mass is 32.1. The van der Waals surface area contributed by atoms with Gasteiger partial charge in [-0.15, -0.1) is 11.3 Å². The summed E-state index contributed by atoms with van der Waals surface area (Å²) in [7, 11) is 0. The zero-order chi connectivity index (χ0) is 18.2. The summed E-state index contributed by atoms with van der Waals surface area (Å²) in [6.45, 7) is 3.15. The summed E-state index contributed by atoms with van der Waals surface area (Å²) in [5.74, 6) is 0.213. The molecular formula is C20H25N3O2S. The molecule has 5 nitrogen and oxygen atoms in total. The Labute approximate surface area is 158 Å². The molecule has 1 aliphatic rings. The molecule has 1 aromatic carbocycles. The number of nitrogens with zero attached hydrogens (tertiary/aromatic N) is 1. The van der Waals surface area contributed by atoms with E-state index in [2.05, 4.69) is 15.5 Å². The van der Waals surface area contributed by atoms with Crippen molar-refractivity contribution in [1.82, 2.24) is 15.5 Å². The van der Waals surface area contributed by atoms with Crippen molar-refractivity contribution in [2.45, 2.75) is 25.9 Å². The molecule has 138 valence electrons. The maximum atomic E-state index is 12.3. The molecule has 1 saturated heterocycles. The summed E-state index contributed by atoms with van der Waals surface area (Å²) in [6.07, 6.45) is 1.61. The molecule has 0 unspecified atom stereocenters. The molecule has 2 N–H and O–H groups in total. The Bertz CT molecular complexity index is 695. The third-order valence-corrected chi connectivity index (χ3v) is 5.55. The van der Waals surface area contributed by atoms with E-state index in [0.717, 1.165) is 36.4 Å². The van der Waals surface area contributed by atoms with Crippen LogP contribution in [0.1, 0.15) is 23.3 Å². The van der Waals surface area contributed by atoms with Crippen LogP contribution in [0.15, 0.2) is 47.8 Å². The summed E-state index contributed by atoms with van der Waals surface area (Å²) in [4.78, 5) is 27.7. The molecule has 0 saturated carbocycles. The molecule has 2 heterocycles. The summed E-state index contributed by atoms with van der Waals surface area (Å²) >= 11 is 1.64. The van der Waals surface area contributed by atoms with E-state index in [0.29, 0.717) is 19.6 Å². The van der Waals surface area contributed by atoms with Crippen LogP contribution in [0, 0.1) is 5.92 Å². The topological polar surface area (TPSA) is 61.4 Å². The number of hydrogen-bond acceptors (Lipinski definition) is 4. The van der Waals surface area contributed by atoms with E-state index in [9.17, 15) is 9.59 Å². The lowest BCUT2D eigenvalue weighted by Crippen LogP contribution is -2.44. The highest BCUT2D eigenvalue weighted by molar-refractivity contribution is 7.09. The van der Waals surface area contributed by atoms with Crippen molar-refractivity contribution in [3.8, 4) is 0 Å². The molecule has 1 aliphatic heterocycles. The average molecular weight is 372 g/mol. The Hall–Kier alpha value is -2.18. The van der Waals surface area contributed by atoms with Gasteiger partial charge in [0.05, 0.1) is 13.1 Å². The predicted octanol–water partition coefficient (Wildman–Crippen LogP) is 2.39. The normalized spacial score (nSPS) is 15.5. The van der Waals surface area contributed by atoms with E-state index < -0.39 is 0 Å². The smallest absolute Gasteiger partial charge is 0.234 e. The van der Waals surface area contributed by atoms with Gasteiger partial charge in [0.15, 0.2) is 0 Å². The average Bonchev–Trinajstić information content (AvgIpc) is 3.19. The minimum atomic E-state index is 0.0455. The molecule has 3 rings (SSSR count). The number of carbonyl (C=O) groups is 2. The first kappa shape index (κ1) is 18.6. The highest BCUT2D eigenvalue weighted by Crippen LogP contribution is 2.17. The lowest BCUT2D eigenvalue weighted by molar-refractivity contribution is -0.127. The Balaban J connectivity index is 1.34. The van der Waals surface area contributed by atoms with Crippen LogP contribution >= 0.6 is 11.3 Å². The Kier molecular flexibility index (Phi) is 6.80. The van der Waals surface area contributed by atoms with Crippen molar-refractivity contribution in [2.24, 2.45) is 5.92 Å². The number of piperidine rings is 1. The standard InChI is InChI=1S/C20H25N3O2S/c24-19(21-14-18-7-4-12-26-18)15-23-10-8-17(9-11-23)20(25)22-13-16-5-2-1-3-6-16/h1-7,12,17H,8-11,13-15H2,(H,21,24)(H,22,25). The van der Waals surface area contributed by atoms with Gasteiger partial charge in [-0.2, -0.15) is 0 Å². The first-order valence-corrected chi connectivity index (χ1v) is 9.92. The second kappa shape index (κ2) is 9.50. The van der Waals surface area contributed by atoms with Crippen LogP contribution < -0.4 is 10.6 Å². The Morgan fingerprint density at radius 1 is 1.00 bits per heavy atom. The summed E-state index contributed by atoms with van der Waals surface area (Å²) in [5, 5.41) is 7.99. The van der Waals surface area contributed by atoms with E-state index in [1.807, 2.05) is 47.8 Å². The Morgan fingerprint density at radius 2 is 1.77 bits per heavy atom. The van der Waals surface area contributed by atoms with Gasteiger partial charge in [-0.1, -0.05) is 36.4 Å². The van der Waals surface area contributed by atoms with Crippen molar-refractivity contribution in [3.05, 3.63) is 58.3 Å². The summed E-state index contributed by atoms with van der Waals surface area (Å²) in [6, 6.07) is 13.9. The number of likely N-dealkylation sites (tertiary alicyclic amines) is 1. The number of hydrogen-bond donors (Lipinski definition) is 2. The van der Waals surface area contributed by atoms with Gasteiger partial charge in [-0.3, -0.25) is 14.5 Å². The minimum Gasteiger partial charge on any atom is -0.352 e. The molecule has 26 heavy (non-hydrogen) atoms. The van der Waals surface area contributed by atoms with Crippen molar-refractivity contribution >= 4 is 23.2 Å². The molecule has 0 bridgehead atoms. The third kappa shape index (κ3) is 5.68. The van der Waals surface area contributed by atoms with E-state index in [1.165, 1.54) is 0 Å². The largest absolute Gasteiger partial charge is 0.352 e. The van der Waals surface area contributed by atoms with Crippen LogP contribution in [0.5, 0.6) is 0 Å². The van der Waals surface area contributed by atoms with E-state index in [1.54, 1.807) is 11.3 Å². The van der Waals surface area contributed by atoms with E-state index >= 15 is 0 Å². The molecule has 1 aromatic heterocycles. The second-order valence-corrected chi connectivity index (χ2v) is 7.64. The van der Waals surface area contributed by atoms with Gasteiger partial charge in [-0.25, -0.2) is 0 Å². The lowest BCUT2D eigenvalue weighted by Gasteiger charge is -2.30. The van der Waals surface area contributed by atoms with Gasteiger partial charge < -0.3 is 10.6 Å². The van der Waals surface area contributed by atoms with Crippen molar-refractivity contribution in [3.63, 3.8) is 0 Å². The van der Waals surface area contributed by atoms with Crippen molar-refractivity contribution in [2.75, 3.05) is 19.6 Å². The van der Waals surface area contributed by atoms with Crippen molar-refractivity contribution in [1.29, 1.82) is 0 Å². The van der Waals surface area contributed by atoms with Crippen LogP contribution in [0.4, 0.5) is 0 Å². The second-order valence-electron chi connectivity index (χ2n) is 6.61. The monoisotopic (exact) mass is 371 g/mol. The number of rotatable bonds is 7. The van der Waals surface area contributed by atoms with Gasteiger partial charge in [0.1, 0.15) is 0 Å². The zero-order valence-corrected chi connectivity index (χ0v) is 15.6. The maximum absolute atomic E-state index is 12.3. The summed E-state index contributed by atoms with van der Waals surface area (Å²) in [5.41, 5.74) is 1.11. The molecule has 2 aromatic rings. The molecule has 6 heteroatoms. The number of nitrogens with one attached hydrogen (secondary N) is 2. The first-order chi connectivity index (χ1) is 12.7. The van der Waals surface area contributed by atoms with Gasteiger partial charge in [0.25, 0.3) is 0 Å². The van der Waals surface area contributed by atoms with Crippen molar-refractivity contribution < 1.29 is 9.59 Å². The maximum Gasteiger partial charge on any atom is 0.234 e. The molecule has 0 spiro atoms. The number of benzene rings is 1. The molecule has 2 amide bonds. The fourth-order valence-electron chi connectivity index (χ4n) is 3.14. The van der Waals surface area contributed by atoms with Gasteiger partial charge in [0.2, 0.25) is 11.8 Å². The zero-order valence-electron chi connectivity index (χ0n) is 14.8. The molecule has 0 atom stereocenters. The van der Waals surface area contributed by atoms with Gasteiger partial charge >= 0.3 is 0 Å². The molecule has 1 fully saturated rings. The number of thiophene rings is 1. The fourth-order valence-corrected chi connectivity index (χ4v) is 3.79. The van der Waals surface area contributed by atoms with E-state index in [-0.39, 0.29) is 17.7 Å². The quantitative estimate of drug-likeness (QED) is 0.786. The molecule has 0 radical (unpaired) electrons. The fraction of sp³-hybridized carbons (Fsp3) is 0.400. The van der Waals surface area contributed by atoms with Gasteiger partial charge in [0, 0.05) is 17.3 Å². The highest BCUT2D eigenvalue weighted by Gasteiger charge is 2.25. The molecule has 0 aliphatic carbocycles. The van der Waals surface area contributed by atoms with Crippen LogP contribution in [-0.2, 0) is 22.7 Å². The first-order valence-electron chi connectivity index (χ1n) is 9.04. The SMILES string of the molecule is O=C(CN1CCC(C(=O)NCc2ccccc2)CC1)NCc1cccs1. The van der Waals surface area contributed by atoms with Crippen LogP contribution in [0.3, 0.4) is 0 Å². The van der Waals surface area contributed by atoms with Crippen LogP contribution in [-0.4, -0.2) is 36.3 Å². The van der Waals surface area contributed by atoms with E-state index in [4.69, 9.17) is 0 Å². The van der Waals surface area contributed by atoms with Crippen LogP contribution in [0.25, 0.3) is 0 Å². The van der Waals surface area contributed by atoms with Gasteiger partial charge in [-0.05, 0) is 42.9 Å². The Morgan fingerprint density at radius 3 is 2.46 bits per heavy atom. The number of carbonyl (C=O) groups excluding carboxylic acids is 2. The molecular weight excluding hydrogens is 346 g/mol. The number of amides is 2. The minimum absolute atomic E-state index is 0.0455. The van der Waals surface area contributed by atoms with Crippen LogP contribution in [0.2, 0.25) is 0 Å². The predicted molar refractivity (Wildman–Crippen MR) is 104 cm³/mol.